The van der Waals surface area contributed by atoms with Crippen LogP contribution < -0.4 is 5.32 Å². The highest BCUT2D eigenvalue weighted by molar-refractivity contribution is 5.29. The quantitative estimate of drug-likeness (QED) is 0.769. The summed E-state index contributed by atoms with van der Waals surface area (Å²) in [6.45, 7) is 6.57. The minimum Gasteiger partial charge on any atom is -0.508 e. The van der Waals surface area contributed by atoms with E-state index in [4.69, 9.17) is 0 Å². The van der Waals surface area contributed by atoms with Gasteiger partial charge in [0.15, 0.2) is 0 Å². The molecular formula is C14H23NO. The van der Waals surface area contributed by atoms with E-state index in [0.29, 0.717) is 17.8 Å². The third-order valence-corrected chi connectivity index (χ3v) is 2.99. The molecule has 0 saturated heterocycles. The number of hydrogen-bond donors (Lipinski definition) is 2. The van der Waals surface area contributed by atoms with Crippen LogP contribution >= 0.6 is 0 Å². The molecule has 1 aromatic rings. The molecule has 0 fully saturated rings. The molecule has 0 bridgehead atoms. The van der Waals surface area contributed by atoms with E-state index < -0.39 is 0 Å². The molecule has 2 nitrogen and oxygen atoms in total. The first kappa shape index (κ1) is 13.0. The van der Waals surface area contributed by atoms with Crippen molar-refractivity contribution in [3.8, 4) is 5.75 Å². The first-order valence-electron chi connectivity index (χ1n) is 6.22. The van der Waals surface area contributed by atoms with E-state index in [0.717, 1.165) is 12.0 Å². The van der Waals surface area contributed by atoms with Gasteiger partial charge in [-0.25, -0.2) is 0 Å². The zero-order valence-corrected chi connectivity index (χ0v) is 10.5. The van der Waals surface area contributed by atoms with Crippen molar-refractivity contribution in [2.24, 2.45) is 0 Å². The van der Waals surface area contributed by atoms with Crippen molar-refractivity contribution in [3.63, 3.8) is 0 Å². The monoisotopic (exact) mass is 221 g/mol. The van der Waals surface area contributed by atoms with Gasteiger partial charge in [-0.15, -0.1) is 0 Å². The van der Waals surface area contributed by atoms with Gasteiger partial charge in [0, 0.05) is 12.1 Å². The Morgan fingerprint density at radius 2 is 2.06 bits per heavy atom. The summed E-state index contributed by atoms with van der Waals surface area (Å²) in [7, 11) is 0. The second-order valence-electron chi connectivity index (χ2n) is 4.38. The van der Waals surface area contributed by atoms with Crippen LogP contribution in [0.4, 0.5) is 0 Å². The van der Waals surface area contributed by atoms with Crippen LogP contribution in [0, 0.1) is 0 Å². The van der Waals surface area contributed by atoms with E-state index in [-0.39, 0.29) is 0 Å². The smallest absolute Gasteiger partial charge is 0.115 e. The van der Waals surface area contributed by atoms with Gasteiger partial charge in [-0.05, 0) is 37.5 Å². The summed E-state index contributed by atoms with van der Waals surface area (Å²) >= 11 is 0. The highest BCUT2D eigenvalue weighted by Crippen LogP contribution is 2.19. The number of phenols is 1. The molecule has 16 heavy (non-hydrogen) atoms. The normalized spacial score (nSPS) is 14.7. The number of phenolic OH excluding ortho intramolecular Hbond substituents is 1. The summed E-state index contributed by atoms with van der Waals surface area (Å²) in [5, 5.41) is 13.0. The molecule has 0 heterocycles. The van der Waals surface area contributed by atoms with E-state index in [9.17, 15) is 5.11 Å². The van der Waals surface area contributed by atoms with Crippen molar-refractivity contribution in [2.75, 3.05) is 0 Å². The van der Waals surface area contributed by atoms with Crippen LogP contribution in [-0.2, 0) is 0 Å². The number of nitrogens with one attached hydrogen (secondary N) is 1. The second kappa shape index (κ2) is 6.54. The van der Waals surface area contributed by atoms with E-state index in [1.165, 1.54) is 12.8 Å². The topological polar surface area (TPSA) is 32.3 Å². The Hall–Kier alpha value is -1.02. The third-order valence-electron chi connectivity index (χ3n) is 2.99. The van der Waals surface area contributed by atoms with Crippen molar-refractivity contribution in [3.05, 3.63) is 29.8 Å². The molecule has 0 aliphatic heterocycles. The molecule has 2 heteroatoms. The highest BCUT2D eigenvalue weighted by Gasteiger charge is 2.11. The van der Waals surface area contributed by atoms with Crippen molar-refractivity contribution in [1.29, 1.82) is 0 Å². The Morgan fingerprint density at radius 3 is 2.62 bits per heavy atom. The zero-order valence-electron chi connectivity index (χ0n) is 10.5. The predicted octanol–water partition coefficient (Wildman–Crippen LogP) is 3.62. The Morgan fingerprint density at radius 1 is 1.31 bits per heavy atom. The maximum atomic E-state index is 9.43. The van der Waals surface area contributed by atoms with Crippen LogP contribution in [0.2, 0.25) is 0 Å². The molecule has 2 unspecified atom stereocenters. The molecule has 0 aliphatic rings. The summed E-state index contributed by atoms with van der Waals surface area (Å²) in [6.07, 6.45) is 3.56. The minimum absolute atomic E-state index is 0.295. The maximum Gasteiger partial charge on any atom is 0.115 e. The summed E-state index contributed by atoms with van der Waals surface area (Å²) in [5.41, 5.74) is 1.15. The molecule has 1 rings (SSSR count). The van der Waals surface area contributed by atoms with Gasteiger partial charge in [0.05, 0.1) is 0 Å². The summed E-state index contributed by atoms with van der Waals surface area (Å²) in [5.74, 6) is 0.342. The SMILES string of the molecule is CCCC(CC)NC(C)c1cccc(O)c1. The van der Waals surface area contributed by atoms with Gasteiger partial charge >= 0.3 is 0 Å². The second-order valence-corrected chi connectivity index (χ2v) is 4.38. The van der Waals surface area contributed by atoms with Gasteiger partial charge in [0.25, 0.3) is 0 Å². The Labute approximate surface area is 98.7 Å². The van der Waals surface area contributed by atoms with E-state index in [1.807, 2.05) is 12.1 Å². The molecule has 90 valence electrons. The fourth-order valence-electron chi connectivity index (χ4n) is 2.00. The number of aromatic hydroxyl groups is 1. The molecular weight excluding hydrogens is 198 g/mol. The van der Waals surface area contributed by atoms with Crippen molar-refractivity contribution < 1.29 is 5.11 Å². The van der Waals surface area contributed by atoms with Gasteiger partial charge in [0.2, 0.25) is 0 Å². The lowest BCUT2D eigenvalue weighted by atomic mass is 10.0. The molecule has 0 aliphatic carbocycles. The van der Waals surface area contributed by atoms with Crippen LogP contribution in [0.25, 0.3) is 0 Å². The summed E-state index contributed by atoms with van der Waals surface area (Å²) in [4.78, 5) is 0. The lowest BCUT2D eigenvalue weighted by Crippen LogP contribution is -2.30. The molecule has 0 aromatic heterocycles. The molecule has 0 saturated carbocycles. The van der Waals surface area contributed by atoms with Crippen LogP contribution in [0.1, 0.15) is 51.6 Å². The fraction of sp³-hybridized carbons (Fsp3) is 0.571. The lowest BCUT2D eigenvalue weighted by molar-refractivity contribution is 0.415. The minimum atomic E-state index is 0.295. The van der Waals surface area contributed by atoms with Gasteiger partial charge in [-0.1, -0.05) is 32.4 Å². The Kier molecular flexibility index (Phi) is 5.33. The highest BCUT2D eigenvalue weighted by atomic mass is 16.3. The van der Waals surface area contributed by atoms with Crippen LogP contribution in [0.3, 0.4) is 0 Å². The molecule has 0 amide bonds. The van der Waals surface area contributed by atoms with E-state index in [2.05, 4.69) is 32.2 Å². The van der Waals surface area contributed by atoms with Gasteiger partial charge in [0.1, 0.15) is 5.75 Å². The molecule has 2 atom stereocenters. The van der Waals surface area contributed by atoms with Gasteiger partial charge in [-0.3, -0.25) is 0 Å². The van der Waals surface area contributed by atoms with Crippen LogP contribution in [0.15, 0.2) is 24.3 Å². The molecule has 0 radical (unpaired) electrons. The average Bonchev–Trinajstić information content (AvgIpc) is 2.28. The van der Waals surface area contributed by atoms with Crippen molar-refractivity contribution in [2.45, 2.75) is 52.1 Å². The standard InChI is InChI=1S/C14H23NO/c1-4-7-13(5-2)15-11(3)12-8-6-9-14(16)10-12/h6,8-11,13,15-16H,4-5,7H2,1-3H3. The molecule has 0 spiro atoms. The van der Waals surface area contributed by atoms with Gasteiger partial charge < -0.3 is 10.4 Å². The predicted molar refractivity (Wildman–Crippen MR) is 68.6 cm³/mol. The first-order chi connectivity index (χ1) is 7.67. The van der Waals surface area contributed by atoms with Gasteiger partial charge in [-0.2, -0.15) is 0 Å². The number of benzene rings is 1. The average molecular weight is 221 g/mol. The maximum absolute atomic E-state index is 9.43. The third kappa shape index (κ3) is 3.86. The van der Waals surface area contributed by atoms with Crippen LogP contribution in [0.5, 0.6) is 5.75 Å². The first-order valence-corrected chi connectivity index (χ1v) is 6.22. The lowest BCUT2D eigenvalue weighted by Gasteiger charge is -2.22. The molecule has 1 aromatic carbocycles. The van der Waals surface area contributed by atoms with E-state index >= 15 is 0 Å². The van der Waals surface area contributed by atoms with Crippen molar-refractivity contribution in [1.82, 2.24) is 5.32 Å². The Bertz CT molecular complexity index is 311. The zero-order chi connectivity index (χ0) is 12.0. The molecule has 2 N–H and O–H groups in total. The van der Waals surface area contributed by atoms with Crippen molar-refractivity contribution >= 4 is 0 Å². The number of rotatable bonds is 6. The summed E-state index contributed by atoms with van der Waals surface area (Å²) < 4.78 is 0. The number of hydrogen-bond acceptors (Lipinski definition) is 2. The Balaban J connectivity index is 2.60. The van der Waals surface area contributed by atoms with Crippen LogP contribution in [-0.4, -0.2) is 11.1 Å². The fourth-order valence-corrected chi connectivity index (χ4v) is 2.00. The van der Waals surface area contributed by atoms with E-state index in [1.54, 1.807) is 6.07 Å². The summed E-state index contributed by atoms with van der Waals surface area (Å²) in [6, 6.07) is 8.35. The largest absolute Gasteiger partial charge is 0.508 e.